The van der Waals surface area contributed by atoms with Crippen LogP contribution in [0.1, 0.15) is 53.4 Å². The van der Waals surface area contributed by atoms with Crippen molar-refractivity contribution < 1.29 is 4.79 Å². The van der Waals surface area contributed by atoms with Crippen LogP contribution in [0.4, 0.5) is 0 Å². The van der Waals surface area contributed by atoms with E-state index in [1.807, 2.05) is 0 Å². The molecule has 0 aromatic heterocycles. The van der Waals surface area contributed by atoms with Crippen molar-refractivity contribution in [2.45, 2.75) is 53.4 Å². The van der Waals surface area contributed by atoms with E-state index in [1.54, 1.807) is 0 Å². The minimum absolute atomic E-state index is 0.319. The van der Waals surface area contributed by atoms with Crippen LogP contribution in [0.2, 0.25) is 0 Å². The molecule has 0 heterocycles. The van der Waals surface area contributed by atoms with Crippen molar-refractivity contribution in [2.75, 3.05) is 0 Å². The lowest BCUT2D eigenvalue weighted by molar-refractivity contribution is -0.111. The summed E-state index contributed by atoms with van der Waals surface area (Å²) in [6.07, 6.45) is 3.82. The molecule has 0 rings (SSSR count). The van der Waals surface area contributed by atoms with Gasteiger partial charge >= 0.3 is 0 Å². The van der Waals surface area contributed by atoms with Gasteiger partial charge in [-0.2, -0.15) is 0 Å². The summed E-state index contributed by atoms with van der Waals surface area (Å²) in [6, 6.07) is 0. The minimum Gasteiger partial charge on any atom is -0.287 e. The fraction of sp³-hybridized carbons (Fsp3) is 0.727. The Labute approximate surface area is 86.0 Å². The quantitative estimate of drug-likeness (QED) is 0.663. The van der Waals surface area contributed by atoms with Crippen molar-refractivity contribution in [2.24, 2.45) is 0 Å². The first-order valence-electron chi connectivity index (χ1n) is 4.98. The summed E-state index contributed by atoms with van der Waals surface area (Å²) in [5.74, 6) is 0. The van der Waals surface area contributed by atoms with Crippen molar-refractivity contribution in [3.63, 3.8) is 0 Å². The lowest BCUT2D eigenvalue weighted by atomic mass is 10.3. The van der Waals surface area contributed by atoms with Crippen LogP contribution in [0.5, 0.6) is 0 Å². The molecule has 0 aromatic carbocycles. The average molecular weight is 200 g/mol. The van der Waals surface area contributed by atoms with Crippen molar-refractivity contribution in [3.8, 4) is 0 Å². The second-order valence-corrected chi connectivity index (χ2v) is 4.51. The summed E-state index contributed by atoms with van der Waals surface area (Å²) < 4.78 is 0. The Hall–Kier alpha value is -0.240. The summed E-state index contributed by atoms with van der Waals surface area (Å²) in [6.45, 7) is 8.35. The van der Waals surface area contributed by atoms with Gasteiger partial charge in [-0.3, -0.25) is 4.79 Å². The second-order valence-electron chi connectivity index (χ2n) is 3.35. The molecule has 76 valence electrons. The van der Waals surface area contributed by atoms with Gasteiger partial charge in [-0.25, -0.2) is 0 Å². The first kappa shape index (κ1) is 12.8. The Kier molecular flexibility index (Phi) is 7.06. The number of carbonyl (C=O) groups is 1. The zero-order chi connectivity index (χ0) is 10.3. The molecular formula is C11H20OS. The summed E-state index contributed by atoms with van der Waals surface area (Å²) in [5.41, 5.74) is 1.28. The van der Waals surface area contributed by atoms with E-state index in [9.17, 15) is 4.79 Å². The molecule has 0 radical (unpaired) electrons. The Morgan fingerprint density at radius 1 is 1.23 bits per heavy atom. The molecule has 0 atom stereocenters. The van der Waals surface area contributed by atoms with Gasteiger partial charge in [-0.1, -0.05) is 37.6 Å². The van der Waals surface area contributed by atoms with Crippen LogP contribution in [0.15, 0.2) is 10.5 Å². The van der Waals surface area contributed by atoms with E-state index in [4.69, 9.17) is 0 Å². The lowest BCUT2D eigenvalue weighted by Crippen LogP contribution is -1.92. The van der Waals surface area contributed by atoms with E-state index in [0.717, 1.165) is 25.7 Å². The van der Waals surface area contributed by atoms with Gasteiger partial charge in [-0.05, 0) is 31.6 Å². The molecule has 0 amide bonds. The van der Waals surface area contributed by atoms with Crippen molar-refractivity contribution in [1.82, 2.24) is 0 Å². The molecule has 0 aliphatic carbocycles. The van der Waals surface area contributed by atoms with Crippen LogP contribution in [0.25, 0.3) is 0 Å². The van der Waals surface area contributed by atoms with E-state index >= 15 is 0 Å². The van der Waals surface area contributed by atoms with Gasteiger partial charge in [0.05, 0.1) is 0 Å². The highest BCUT2D eigenvalue weighted by Gasteiger charge is 2.06. The predicted octanol–water partition coefficient (Wildman–Crippen LogP) is 4.14. The van der Waals surface area contributed by atoms with Crippen molar-refractivity contribution in [1.29, 1.82) is 0 Å². The molecule has 0 aromatic rings. The third-order valence-corrected chi connectivity index (χ3v) is 3.23. The number of hydrogen-bond donors (Lipinski definition) is 0. The highest BCUT2D eigenvalue weighted by atomic mass is 32.2. The van der Waals surface area contributed by atoms with Gasteiger partial charge < -0.3 is 0 Å². The standard InChI is InChI=1S/C11H20OS/c1-5-7-8-11(12)13-10(6-2)9(3)4/h5-8H2,1-4H3. The predicted molar refractivity (Wildman–Crippen MR) is 60.8 cm³/mol. The molecule has 0 unspecified atom stereocenters. The third-order valence-electron chi connectivity index (χ3n) is 1.85. The Balaban J connectivity index is 3.96. The fourth-order valence-electron chi connectivity index (χ4n) is 1.04. The molecular weight excluding hydrogens is 180 g/mol. The SMILES string of the molecule is CCCCC(=O)SC(CC)=C(C)C. The Bertz CT molecular complexity index is 190. The van der Waals surface area contributed by atoms with Gasteiger partial charge in [0.25, 0.3) is 0 Å². The molecule has 0 saturated heterocycles. The van der Waals surface area contributed by atoms with E-state index in [1.165, 1.54) is 22.2 Å². The van der Waals surface area contributed by atoms with E-state index in [2.05, 4.69) is 27.7 Å². The summed E-state index contributed by atoms with van der Waals surface area (Å²) in [7, 11) is 0. The normalized spacial score (nSPS) is 9.85. The molecule has 0 aliphatic heterocycles. The molecule has 0 N–H and O–H groups in total. The Morgan fingerprint density at radius 3 is 2.23 bits per heavy atom. The monoisotopic (exact) mass is 200 g/mol. The lowest BCUT2D eigenvalue weighted by Gasteiger charge is -2.05. The number of thioether (sulfide) groups is 1. The van der Waals surface area contributed by atoms with Gasteiger partial charge in [0.2, 0.25) is 0 Å². The largest absolute Gasteiger partial charge is 0.287 e. The minimum atomic E-state index is 0.319. The van der Waals surface area contributed by atoms with Crippen LogP contribution in [-0.2, 0) is 4.79 Å². The highest BCUT2D eigenvalue weighted by molar-refractivity contribution is 8.16. The van der Waals surface area contributed by atoms with Gasteiger partial charge in [0.1, 0.15) is 0 Å². The third kappa shape index (κ3) is 5.92. The maximum absolute atomic E-state index is 11.4. The molecule has 13 heavy (non-hydrogen) atoms. The molecule has 1 nitrogen and oxygen atoms in total. The molecule has 0 saturated carbocycles. The number of allylic oxidation sites excluding steroid dienone is 2. The topological polar surface area (TPSA) is 17.1 Å². The average Bonchev–Trinajstić information content (AvgIpc) is 2.10. The number of unbranched alkanes of at least 4 members (excludes halogenated alkanes) is 1. The fourth-order valence-corrected chi connectivity index (χ4v) is 1.91. The number of rotatable bonds is 5. The molecule has 0 spiro atoms. The zero-order valence-corrected chi connectivity index (χ0v) is 9.96. The van der Waals surface area contributed by atoms with Crippen LogP contribution in [0.3, 0.4) is 0 Å². The maximum atomic E-state index is 11.4. The highest BCUT2D eigenvalue weighted by Crippen LogP contribution is 2.25. The van der Waals surface area contributed by atoms with Crippen LogP contribution in [0, 0.1) is 0 Å². The second kappa shape index (κ2) is 7.19. The summed E-state index contributed by atoms with van der Waals surface area (Å²) in [4.78, 5) is 12.6. The maximum Gasteiger partial charge on any atom is 0.193 e. The van der Waals surface area contributed by atoms with Crippen molar-refractivity contribution in [3.05, 3.63) is 10.5 Å². The summed E-state index contributed by atoms with van der Waals surface area (Å²) >= 11 is 1.43. The molecule has 2 heteroatoms. The van der Waals surface area contributed by atoms with Crippen LogP contribution in [-0.4, -0.2) is 5.12 Å². The summed E-state index contributed by atoms with van der Waals surface area (Å²) in [5, 5.41) is 0.319. The zero-order valence-electron chi connectivity index (χ0n) is 9.14. The van der Waals surface area contributed by atoms with Crippen LogP contribution >= 0.6 is 11.8 Å². The Morgan fingerprint density at radius 2 is 1.85 bits per heavy atom. The first-order chi connectivity index (χ1) is 6.11. The number of carbonyl (C=O) groups excluding carboxylic acids is 1. The molecule has 0 bridgehead atoms. The van der Waals surface area contributed by atoms with E-state index in [0.29, 0.717) is 5.12 Å². The van der Waals surface area contributed by atoms with E-state index in [-0.39, 0.29) is 0 Å². The van der Waals surface area contributed by atoms with Crippen LogP contribution < -0.4 is 0 Å². The smallest absolute Gasteiger partial charge is 0.193 e. The molecule has 0 aliphatic rings. The molecule has 0 fully saturated rings. The van der Waals surface area contributed by atoms with Gasteiger partial charge in [0.15, 0.2) is 5.12 Å². The van der Waals surface area contributed by atoms with E-state index < -0.39 is 0 Å². The van der Waals surface area contributed by atoms with Gasteiger partial charge in [-0.15, -0.1) is 0 Å². The first-order valence-corrected chi connectivity index (χ1v) is 5.80. The van der Waals surface area contributed by atoms with Gasteiger partial charge in [0, 0.05) is 6.42 Å². The van der Waals surface area contributed by atoms with Crippen molar-refractivity contribution >= 4 is 16.9 Å². The number of hydrogen-bond acceptors (Lipinski definition) is 2.